The molecule has 2 aliphatic carbocycles. The number of hydrogen-bond acceptors (Lipinski definition) is 1. The molecular weight excluding hydrogens is 865 g/mol. The number of hydrogen-bond donors (Lipinski definition) is 0. The Morgan fingerprint density at radius 2 is 0.873 bits per heavy atom. The maximum Gasteiger partial charge on any atom is 0.163 e. The molecule has 6 nitrogen and oxygen atoms in total. The largest absolute Gasteiger partial charge is 0.308 e. The Morgan fingerprint density at radius 1 is 0.423 bits per heavy atom. The molecule has 0 spiro atoms. The van der Waals surface area contributed by atoms with E-state index >= 15 is 0 Å². The van der Waals surface area contributed by atoms with Crippen molar-refractivity contribution in [3.8, 4) is 22.5 Å². The van der Waals surface area contributed by atoms with Gasteiger partial charge in [0.2, 0.25) is 0 Å². The molecule has 338 valence electrons. The summed E-state index contributed by atoms with van der Waals surface area (Å²) in [5.41, 5.74) is 17.3. The van der Waals surface area contributed by atoms with Gasteiger partial charge >= 0.3 is 0 Å². The molecule has 71 heavy (non-hydrogen) atoms. The first-order chi connectivity index (χ1) is 35.1. The molecule has 12 aromatic rings. The van der Waals surface area contributed by atoms with Gasteiger partial charge in [-0.25, -0.2) is 9.98 Å². The van der Waals surface area contributed by atoms with Crippen LogP contribution >= 0.6 is 0 Å². The zero-order valence-corrected chi connectivity index (χ0v) is 39.4. The van der Waals surface area contributed by atoms with Crippen LogP contribution < -0.4 is 0 Å². The van der Waals surface area contributed by atoms with Crippen LogP contribution in [0.2, 0.25) is 0 Å². The Hall–Kier alpha value is -9.00. The van der Waals surface area contributed by atoms with Crippen LogP contribution in [0.3, 0.4) is 0 Å². The number of nitrogens with zero attached hydrogens (tertiary/aromatic N) is 6. The van der Waals surface area contributed by atoms with Crippen molar-refractivity contribution < 1.29 is 0 Å². The van der Waals surface area contributed by atoms with E-state index in [0.29, 0.717) is 11.7 Å². The molecule has 0 saturated carbocycles. The lowest BCUT2D eigenvalue weighted by atomic mass is 10.00. The summed E-state index contributed by atoms with van der Waals surface area (Å²) < 4.78 is 9.56. The summed E-state index contributed by atoms with van der Waals surface area (Å²) in [6, 6.07) is 67.4. The van der Waals surface area contributed by atoms with E-state index in [1.807, 2.05) is 0 Å². The lowest BCUT2D eigenvalue weighted by molar-refractivity contribution is 0.967. The first kappa shape index (κ1) is 41.0. The first-order valence-electron chi connectivity index (χ1n) is 24.7. The molecule has 6 heteroatoms. The minimum absolute atomic E-state index is 0.574. The summed E-state index contributed by atoms with van der Waals surface area (Å²) >= 11 is 0. The molecule has 0 aliphatic heterocycles. The average Bonchev–Trinajstić information content (AvgIpc) is 4.17. The van der Waals surface area contributed by atoms with Crippen LogP contribution in [-0.4, -0.2) is 29.9 Å². The second-order valence-corrected chi connectivity index (χ2v) is 18.8. The van der Waals surface area contributed by atoms with E-state index in [-0.39, 0.29) is 0 Å². The highest BCUT2D eigenvalue weighted by atomic mass is 15.2. The van der Waals surface area contributed by atoms with Gasteiger partial charge in [0.05, 0.1) is 33.1 Å². The Labute approximate surface area is 411 Å². The molecule has 0 saturated heterocycles. The third kappa shape index (κ3) is 6.34. The molecular formula is C65H48N6. The van der Waals surface area contributed by atoms with Crippen LogP contribution in [0, 0.1) is 0 Å². The molecule has 2 aliphatic rings. The molecule has 0 radical (unpaired) electrons. The van der Waals surface area contributed by atoms with Crippen molar-refractivity contribution in [2.75, 3.05) is 0 Å². The van der Waals surface area contributed by atoms with Crippen molar-refractivity contribution in [2.24, 2.45) is 9.98 Å². The van der Waals surface area contributed by atoms with Gasteiger partial charge in [0.15, 0.2) is 5.84 Å². The molecule has 4 heterocycles. The Bertz CT molecular complexity index is 4260. The fourth-order valence-electron chi connectivity index (χ4n) is 11.8. The van der Waals surface area contributed by atoms with Gasteiger partial charge in [-0.2, -0.15) is 0 Å². The van der Waals surface area contributed by atoms with Crippen molar-refractivity contribution in [3.63, 3.8) is 0 Å². The first-order valence-corrected chi connectivity index (χ1v) is 24.7. The second kappa shape index (κ2) is 16.3. The van der Waals surface area contributed by atoms with Crippen LogP contribution in [0.1, 0.15) is 47.8 Å². The topological polar surface area (TPSA) is 44.4 Å². The molecule has 0 N–H and O–H groups in total. The standard InChI is InChI=1S/C65H48N6/c1-42(68-57-30-16-12-26-49(57)53-38-40-55-51-28-14-18-32-59(51)70(63(55)61(53)68)47-22-8-4-9-23-47)66-65(46-36-34-45(35-37-46)44-20-6-3-7-21-44)67-43(2)69-58-31-17-13-27-50(58)54-39-41-56-52-29-15-19-33-60(52)71(64(56)62(54)69)48-24-10-5-11-25-48/h3-13,16-27,30-41H,1,14-15,28-29H2,2H3. The zero-order chi connectivity index (χ0) is 47.2. The molecule has 0 bridgehead atoms. The molecule has 0 amide bonds. The van der Waals surface area contributed by atoms with Crippen molar-refractivity contribution in [2.45, 2.75) is 32.6 Å². The number of aryl methyl sites for hydroxylation is 2. The fourth-order valence-corrected chi connectivity index (χ4v) is 11.8. The van der Waals surface area contributed by atoms with Crippen LogP contribution in [-0.2, 0) is 12.8 Å². The number of allylic oxidation sites excluding steroid dienone is 2. The van der Waals surface area contributed by atoms with E-state index in [2.05, 4.69) is 238 Å². The van der Waals surface area contributed by atoms with Crippen molar-refractivity contribution in [3.05, 3.63) is 235 Å². The van der Waals surface area contributed by atoms with Gasteiger partial charge in [-0.15, -0.1) is 0 Å². The van der Waals surface area contributed by atoms with Gasteiger partial charge in [-0.1, -0.05) is 170 Å². The number of amidine groups is 1. The highest BCUT2D eigenvalue weighted by Crippen LogP contribution is 2.44. The van der Waals surface area contributed by atoms with Crippen molar-refractivity contribution >= 4 is 95.1 Å². The van der Waals surface area contributed by atoms with Crippen LogP contribution in [0.4, 0.5) is 0 Å². The van der Waals surface area contributed by atoms with E-state index in [4.69, 9.17) is 16.6 Å². The highest BCUT2D eigenvalue weighted by Gasteiger charge is 2.27. The Kier molecular flexibility index (Phi) is 9.43. The molecule has 0 unspecified atom stereocenters. The van der Waals surface area contributed by atoms with Gasteiger partial charge < -0.3 is 9.13 Å². The van der Waals surface area contributed by atoms with Gasteiger partial charge in [-0.05, 0) is 103 Å². The van der Waals surface area contributed by atoms with Crippen LogP contribution in [0.25, 0.3) is 106 Å². The molecule has 0 atom stereocenters. The molecule has 14 rings (SSSR count). The third-order valence-electron chi connectivity index (χ3n) is 14.9. The van der Waals surface area contributed by atoms with Gasteiger partial charge in [0.25, 0.3) is 0 Å². The molecule has 4 aromatic heterocycles. The van der Waals surface area contributed by atoms with Gasteiger partial charge in [0.1, 0.15) is 11.7 Å². The number of fused-ring (bicyclic) bond motifs is 14. The normalized spacial score (nSPS) is 13.9. The minimum Gasteiger partial charge on any atom is -0.308 e. The maximum absolute atomic E-state index is 5.69. The van der Waals surface area contributed by atoms with E-state index < -0.39 is 0 Å². The zero-order valence-electron chi connectivity index (χ0n) is 39.4. The lowest BCUT2D eigenvalue weighted by Gasteiger charge is -2.15. The van der Waals surface area contributed by atoms with E-state index in [9.17, 15) is 0 Å². The van der Waals surface area contributed by atoms with Crippen molar-refractivity contribution in [1.29, 1.82) is 0 Å². The monoisotopic (exact) mass is 912 g/mol. The number of rotatable bonds is 6. The average molecular weight is 913 g/mol. The van der Waals surface area contributed by atoms with E-state index in [1.54, 1.807) is 0 Å². The minimum atomic E-state index is 0.574. The summed E-state index contributed by atoms with van der Waals surface area (Å²) in [6.07, 6.45) is 13.2. The van der Waals surface area contributed by atoms with Crippen molar-refractivity contribution in [1.82, 2.24) is 18.3 Å². The van der Waals surface area contributed by atoms with Gasteiger partial charge in [-0.3, -0.25) is 9.13 Å². The summed E-state index contributed by atoms with van der Waals surface area (Å²) in [7, 11) is 0. The third-order valence-corrected chi connectivity index (χ3v) is 14.9. The lowest BCUT2D eigenvalue weighted by Crippen LogP contribution is -2.12. The number of para-hydroxylation sites is 4. The van der Waals surface area contributed by atoms with E-state index in [0.717, 1.165) is 97.9 Å². The Balaban J connectivity index is 1.04. The quantitative estimate of drug-likeness (QED) is 0.118. The molecule has 8 aromatic carbocycles. The number of benzene rings is 8. The smallest absolute Gasteiger partial charge is 0.163 e. The summed E-state index contributed by atoms with van der Waals surface area (Å²) in [6.45, 7) is 7.01. The Morgan fingerprint density at radius 3 is 1.42 bits per heavy atom. The maximum atomic E-state index is 5.69. The fraction of sp³-hybridized carbons (Fsp3) is 0.0769. The van der Waals surface area contributed by atoms with Crippen LogP contribution in [0.5, 0.6) is 0 Å². The second-order valence-electron chi connectivity index (χ2n) is 18.8. The SMILES string of the molecule is C=C(N=C(N=C(C)n1c2ccccc2c2ccc3c4c(n(-c5ccccc5)c3c21)C=CCC4)c1ccc(-c2ccccc2)cc1)n1c2ccccc2c2ccc3c4c(n(-c5ccccc5)c3c21)C=CCC4. The predicted molar refractivity (Wildman–Crippen MR) is 300 cm³/mol. The number of aliphatic imine (C=N–C) groups is 2. The highest BCUT2D eigenvalue weighted by molar-refractivity contribution is 6.24. The van der Waals surface area contributed by atoms with Gasteiger partial charge in [0, 0.05) is 60.6 Å². The predicted octanol–water partition coefficient (Wildman–Crippen LogP) is 16.2. The summed E-state index contributed by atoms with van der Waals surface area (Å²) in [5, 5.41) is 7.19. The van der Waals surface area contributed by atoms with E-state index in [1.165, 1.54) is 49.6 Å². The summed E-state index contributed by atoms with van der Waals surface area (Å²) in [5.74, 6) is 1.96. The van der Waals surface area contributed by atoms with Crippen LogP contribution in [0.15, 0.2) is 217 Å². The summed E-state index contributed by atoms with van der Waals surface area (Å²) in [4.78, 5) is 11.3. The number of aromatic nitrogens is 4. The molecule has 0 fully saturated rings.